The molecule has 0 amide bonds. The second kappa shape index (κ2) is 14.8. The first kappa shape index (κ1) is 27.9. The maximum Gasteiger partial charge on any atom is 0.334 e. The van der Waals surface area contributed by atoms with Crippen molar-refractivity contribution in [1.82, 2.24) is 0 Å². The molecule has 2 rings (SSSR count). The molecule has 0 radical (unpaired) electrons. The minimum absolute atomic E-state index is 0.162. The van der Waals surface area contributed by atoms with Gasteiger partial charge in [0.25, 0.3) is 0 Å². The highest BCUT2D eigenvalue weighted by atomic mass is 32.2. The molecule has 0 bridgehead atoms. The zero-order valence-electron chi connectivity index (χ0n) is 20.4. The van der Waals surface area contributed by atoms with Crippen LogP contribution in [-0.2, 0) is 31.9 Å². The summed E-state index contributed by atoms with van der Waals surface area (Å²) in [6.07, 6.45) is 7.51. The summed E-state index contributed by atoms with van der Waals surface area (Å²) < 4.78 is 3.63. The summed E-state index contributed by atoms with van der Waals surface area (Å²) in [7, 11) is 1.33. The predicted molar refractivity (Wildman–Crippen MR) is 138 cm³/mol. The standard InChI is InChI=1S/C28H38O5S/c1-28(26(30)27(31)32,34-21-20-25(29)33-2)24-19-13-12-18-23(24)17-11-6-4-3-5-8-14-22-15-9-7-10-16-22/h7,9-10,12-13,15-16,18-19,26,30H,3-6,8,11,14,17,20-21H2,1-2H3,(H,31,32). The number of aryl methyl sites for hydroxylation is 2. The summed E-state index contributed by atoms with van der Waals surface area (Å²) in [5.74, 6) is -1.25. The highest BCUT2D eigenvalue weighted by Gasteiger charge is 2.41. The van der Waals surface area contributed by atoms with Gasteiger partial charge in [-0.1, -0.05) is 80.3 Å². The molecule has 6 heteroatoms. The first-order chi connectivity index (χ1) is 16.4. The van der Waals surface area contributed by atoms with E-state index in [0.717, 1.165) is 36.8 Å². The quantitative estimate of drug-likeness (QED) is 0.231. The molecule has 0 aromatic heterocycles. The van der Waals surface area contributed by atoms with Crippen molar-refractivity contribution in [2.45, 2.75) is 75.6 Å². The van der Waals surface area contributed by atoms with Crippen LogP contribution in [0.15, 0.2) is 54.6 Å². The van der Waals surface area contributed by atoms with Crippen LogP contribution in [0.1, 0.15) is 68.6 Å². The van der Waals surface area contributed by atoms with Gasteiger partial charge in [-0.15, -0.1) is 11.8 Å². The van der Waals surface area contributed by atoms with Crippen molar-refractivity contribution >= 4 is 23.7 Å². The van der Waals surface area contributed by atoms with Crippen molar-refractivity contribution < 1.29 is 24.5 Å². The lowest BCUT2D eigenvalue weighted by Crippen LogP contribution is -2.41. The van der Waals surface area contributed by atoms with Gasteiger partial charge in [-0.3, -0.25) is 4.79 Å². The topological polar surface area (TPSA) is 83.8 Å². The smallest absolute Gasteiger partial charge is 0.334 e. The third-order valence-electron chi connectivity index (χ3n) is 6.25. The minimum atomic E-state index is -1.58. The number of unbranched alkanes of at least 4 members (excludes halogenated alkanes) is 5. The number of hydrogen-bond donors (Lipinski definition) is 2. The number of rotatable bonds is 16. The van der Waals surface area contributed by atoms with E-state index in [2.05, 4.69) is 24.3 Å². The van der Waals surface area contributed by atoms with Gasteiger partial charge in [-0.2, -0.15) is 0 Å². The zero-order valence-corrected chi connectivity index (χ0v) is 21.2. The van der Waals surface area contributed by atoms with E-state index in [0.29, 0.717) is 5.75 Å². The number of thioether (sulfide) groups is 1. The summed E-state index contributed by atoms with van der Waals surface area (Å²) in [5.41, 5.74) is 3.28. The Labute approximate surface area is 207 Å². The van der Waals surface area contributed by atoms with E-state index in [-0.39, 0.29) is 12.4 Å². The second-order valence-corrected chi connectivity index (χ2v) is 10.3. The number of carbonyl (C=O) groups excluding carboxylic acids is 1. The number of carbonyl (C=O) groups is 2. The van der Waals surface area contributed by atoms with Gasteiger partial charge in [0.1, 0.15) is 0 Å². The number of aliphatic hydroxyl groups is 1. The van der Waals surface area contributed by atoms with Crippen molar-refractivity contribution in [3.63, 3.8) is 0 Å². The van der Waals surface area contributed by atoms with E-state index < -0.39 is 16.8 Å². The fraction of sp³-hybridized carbons (Fsp3) is 0.500. The molecule has 2 unspecified atom stereocenters. The summed E-state index contributed by atoms with van der Waals surface area (Å²) in [6.45, 7) is 1.75. The van der Waals surface area contributed by atoms with Gasteiger partial charge in [0, 0.05) is 5.75 Å². The van der Waals surface area contributed by atoms with Gasteiger partial charge >= 0.3 is 11.9 Å². The number of esters is 1. The van der Waals surface area contributed by atoms with Crippen LogP contribution < -0.4 is 0 Å². The summed E-state index contributed by atoms with van der Waals surface area (Å²) in [5, 5.41) is 20.1. The Bertz CT molecular complexity index is 885. The van der Waals surface area contributed by atoms with Gasteiger partial charge in [-0.05, 0) is 49.3 Å². The number of hydrogen-bond acceptors (Lipinski definition) is 5. The van der Waals surface area contributed by atoms with Crippen molar-refractivity contribution in [2.75, 3.05) is 12.9 Å². The molecular weight excluding hydrogens is 448 g/mol. The molecule has 186 valence electrons. The van der Waals surface area contributed by atoms with Crippen LogP contribution >= 0.6 is 11.8 Å². The molecule has 2 N–H and O–H groups in total. The van der Waals surface area contributed by atoms with E-state index in [4.69, 9.17) is 4.74 Å². The fourth-order valence-electron chi connectivity index (χ4n) is 4.21. The van der Waals surface area contributed by atoms with Crippen molar-refractivity contribution in [1.29, 1.82) is 0 Å². The highest BCUT2D eigenvalue weighted by molar-refractivity contribution is 8.00. The Balaban J connectivity index is 1.88. The van der Waals surface area contributed by atoms with Gasteiger partial charge in [0.15, 0.2) is 6.10 Å². The molecular formula is C28H38O5S. The molecule has 34 heavy (non-hydrogen) atoms. The minimum Gasteiger partial charge on any atom is -0.479 e. The van der Waals surface area contributed by atoms with Crippen LogP contribution in [0.5, 0.6) is 0 Å². The van der Waals surface area contributed by atoms with Gasteiger partial charge in [0.05, 0.1) is 18.3 Å². The maximum atomic E-state index is 11.7. The molecule has 0 heterocycles. The van der Waals surface area contributed by atoms with Crippen molar-refractivity contribution in [3.05, 3.63) is 71.3 Å². The van der Waals surface area contributed by atoms with E-state index in [1.54, 1.807) is 6.92 Å². The lowest BCUT2D eigenvalue weighted by atomic mass is 9.88. The maximum absolute atomic E-state index is 11.7. The van der Waals surface area contributed by atoms with E-state index in [9.17, 15) is 19.8 Å². The molecule has 0 saturated heterocycles. The van der Waals surface area contributed by atoms with Crippen LogP contribution in [0, 0.1) is 0 Å². The number of aliphatic carboxylic acids is 1. The average Bonchev–Trinajstić information content (AvgIpc) is 2.85. The number of carboxylic acid groups (broad SMARTS) is 1. The largest absolute Gasteiger partial charge is 0.479 e. The van der Waals surface area contributed by atoms with E-state index in [1.165, 1.54) is 50.1 Å². The molecule has 0 aliphatic carbocycles. The molecule has 0 aliphatic rings. The van der Waals surface area contributed by atoms with E-state index in [1.807, 2.05) is 30.3 Å². The Morgan fingerprint density at radius 3 is 2.15 bits per heavy atom. The Hall–Kier alpha value is -2.31. The molecule has 2 aromatic rings. The van der Waals surface area contributed by atoms with Crippen LogP contribution in [0.2, 0.25) is 0 Å². The zero-order chi connectivity index (χ0) is 24.8. The third-order valence-corrected chi connectivity index (χ3v) is 7.70. The van der Waals surface area contributed by atoms with Crippen LogP contribution in [0.25, 0.3) is 0 Å². The van der Waals surface area contributed by atoms with Crippen molar-refractivity contribution in [3.8, 4) is 0 Å². The second-order valence-electron chi connectivity index (χ2n) is 8.79. The highest BCUT2D eigenvalue weighted by Crippen LogP contribution is 2.42. The van der Waals surface area contributed by atoms with Gasteiger partial charge in [0.2, 0.25) is 0 Å². The normalized spacial score (nSPS) is 13.7. The van der Waals surface area contributed by atoms with Gasteiger partial charge in [-0.25, -0.2) is 4.79 Å². The van der Waals surface area contributed by atoms with Crippen LogP contribution in [0.3, 0.4) is 0 Å². The van der Waals surface area contributed by atoms with Gasteiger partial charge < -0.3 is 14.9 Å². The number of aliphatic hydroxyl groups excluding tert-OH is 1. The van der Waals surface area contributed by atoms with E-state index >= 15 is 0 Å². The number of ether oxygens (including phenoxy) is 1. The molecule has 0 saturated carbocycles. The summed E-state index contributed by atoms with van der Waals surface area (Å²) >= 11 is 1.29. The number of carboxylic acids is 1. The summed E-state index contributed by atoms with van der Waals surface area (Å²) in [6, 6.07) is 18.3. The molecule has 0 fully saturated rings. The molecule has 2 atom stereocenters. The van der Waals surface area contributed by atoms with Crippen LogP contribution in [0.4, 0.5) is 0 Å². The number of benzene rings is 2. The van der Waals surface area contributed by atoms with Crippen molar-refractivity contribution in [2.24, 2.45) is 0 Å². The molecule has 2 aromatic carbocycles. The monoisotopic (exact) mass is 486 g/mol. The summed E-state index contributed by atoms with van der Waals surface area (Å²) in [4.78, 5) is 23.2. The first-order valence-electron chi connectivity index (χ1n) is 12.1. The first-order valence-corrected chi connectivity index (χ1v) is 13.1. The third kappa shape index (κ3) is 8.80. The predicted octanol–water partition coefficient (Wildman–Crippen LogP) is 5.77. The fourth-order valence-corrected chi connectivity index (χ4v) is 5.51. The Kier molecular flexibility index (Phi) is 12.2. The lowest BCUT2D eigenvalue weighted by molar-refractivity contribution is -0.148. The number of methoxy groups -OCH3 is 1. The Morgan fingerprint density at radius 2 is 1.50 bits per heavy atom. The molecule has 0 spiro atoms. The Morgan fingerprint density at radius 1 is 0.912 bits per heavy atom. The lowest BCUT2D eigenvalue weighted by Gasteiger charge is -2.34. The average molecular weight is 487 g/mol. The van der Waals surface area contributed by atoms with Crippen LogP contribution in [-0.4, -0.2) is 41.1 Å². The molecule has 5 nitrogen and oxygen atoms in total. The molecule has 0 aliphatic heterocycles. The SMILES string of the molecule is COC(=O)CCSC(C)(c1ccccc1CCCCCCCCc1ccccc1)C(O)C(=O)O.